The number of para-hydroxylation sites is 2. The maximum Gasteiger partial charge on any atom is 0.292 e. The van der Waals surface area contributed by atoms with E-state index in [4.69, 9.17) is 16.9 Å². The van der Waals surface area contributed by atoms with Gasteiger partial charge in [-0.3, -0.25) is 25.0 Å². The molecule has 11 heteroatoms. The molecule has 1 amide bonds. The number of carbonyl (C=O) groups excluding carboxylic acids is 1. The Morgan fingerprint density at radius 3 is 2.44 bits per heavy atom. The highest BCUT2D eigenvalue weighted by atomic mass is 35.5. The van der Waals surface area contributed by atoms with Crippen LogP contribution in [-0.4, -0.2) is 15.8 Å². The minimum Gasteiger partial charge on any atom is -0.359 e. The normalized spacial score (nSPS) is 10.6. The lowest BCUT2D eigenvalue weighted by molar-refractivity contribution is -0.384. The number of nitrogens with zero attached hydrogens (tertiary/aromatic N) is 3. The third-order valence-electron chi connectivity index (χ3n) is 3.25. The van der Waals surface area contributed by atoms with Gasteiger partial charge in [0.2, 0.25) is 0 Å². The summed E-state index contributed by atoms with van der Waals surface area (Å²) in [6.07, 6.45) is 0.995. The van der Waals surface area contributed by atoms with Crippen LogP contribution < -0.4 is 10.6 Å². The second-order valence-electron chi connectivity index (χ2n) is 4.96. The number of benzene rings is 2. The first-order valence-electron chi connectivity index (χ1n) is 7.19. The number of nitrogens with one attached hydrogen (secondary N) is 2. The van der Waals surface area contributed by atoms with Gasteiger partial charge in [-0.1, -0.05) is 23.7 Å². The number of hydrogen-bond donors (Lipinski definition) is 2. The average Bonchev–Trinajstić information content (AvgIpc) is 2.63. The summed E-state index contributed by atoms with van der Waals surface area (Å²) in [5.74, 6) is -0.902. The monoisotopic (exact) mass is 387 g/mol. The van der Waals surface area contributed by atoms with E-state index in [-0.39, 0.29) is 27.8 Å². The molecule has 0 aliphatic rings. The van der Waals surface area contributed by atoms with Crippen LogP contribution in [0.1, 0.15) is 0 Å². The van der Waals surface area contributed by atoms with Crippen molar-refractivity contribution in [2.24, 2.45) is 0 Å². The summed E-state index contributed by atoms with van der Waals surface area (Å²) in [5.41, 5.74) is -0.967. The first-order chi connectivity index (χ1) is 12.8. The van der Waals surface area contributed by atoms with Gasteiger partial charge in [-0.25, -0.2) is 0 Å². The van der Waals surface area contributed by atoms with Crippen molar-refractivity contribution >= 4 is 40.3 Å². The van der Waals surface area contributed by atoms with E-state index in [0.29, 0.717) is 0 Å². The summed E-state index contributed by atoms with van der Waals surface area (Å²) in [6.45, 7) is 0. The topological polar surface area (TPSA) is 151 Å². The van der Waals surface area contributed by atoms with Gasteiger partial charge < -0.3 is 10.6 Å². The standard InChI is InChI=1S/C16H10ClN5O5/c17-12-6-5-11(21(24)25)7-14(12)19-9-10(8-18)16(23)20-13-3-1-2-4-15(13)22(26)27/h1-7,9,19H,(H,20,23)/b10-9-. The number of nitro groups is 2. The van der Waals surface area contributed by atoms with Crippen LogP contribution in [-0.2, 0) is 4.79 Å². The number of nitro benzene ring substituents is 2. The number of rotatable bonds is 6. The van der Waals surface area contributed by atoms with E-state index in [1.54, 1.807) is 6.07 Å². The van der Waals surface area contributed by atoms with Crippen LogP contribution >= 0.6 is 11.6 Å². The summed E-state index contributed by atoms with van der Waals surface area (Å²) in [6, 6.07) is 10.7. The van der Waals surface area contributed by atoms with E-state index in [9.17, 15) is 25.0 Å². The zero-order chi connectivity index (χ0) is 20.0. The average molecular weight is 388 g/mol. The quantitative estimate of drug-likeness (QED) is 0.332. The van der Waals surface area contributed by atoms with Crippen molar-refractivity contribution in [3.63, 3.8) is 0 Å². The molecule has 2 aromatic rings. The third-order valence-corrected chi connectivity index (χ3v) is 3.58. The molecule has 0 aliphatic carbocycles. The molecule has 0 unspecified atom stereocenters. The maximum atomic E-state index is 12.2. The smallest absolute Gasteiger partial charge is 0.292 e. The molecule has 0 radical (unpaired) electrons. The van der Waals surface area contributed by atoms with Gasteiger partial charge in [0.05, 0.1) is 20.6 Å². The van der Waals surface area contributed by atoms with E-state index < -0.39 is 21.3 Å². The van der Waals surface area contributed by atoms with Gasteiger partial charge in [-0.15, -0.1) is 0 Å². The van der Waals surface area contributed by atoms with E-state index >= 15 is 0 Å². The van der Waals surface area contributed by atoms with E-state index in [1.165, 1.54) is 36.4 Å². The highest BCUT2D eigenvalue weighted by molar-refractivity contribution is 6.33. The van der Waals surface area contributed by atoms with Crippen molar-refractivity contribution in [1.29, 1.82) is 5.26 Å². The first kappa shape index (κ1) is 19.4. The number of carbonyl (C=O) groups is 1. The predicted molar refractivity (Wildman–Crippen MR) is 97.2 cm³/mol. The van der Waals surface area contributed by atoms with E-state index in [2.05, 4.69) is 10.6 Å². The second-order valence-corrected chi connectivity index (χ2v) is 5.37. The van der Waals surface area contributed by atoms with Crippen LogP contribution in [0.15, 0.2) is 54.2 Å². The number of amides is 1. The highest BCUT2D eigenvalue weighted by Crippen LogP contribution is 2.27. The van der Waals surface area contributed by atoms with Crippen molar-refractivity contribution in [2.45, 2.75) is 0 Å². The van der Waals surface area contributed by atoms with Crippen LogP contribution in [0.2, 0.25) is 5.02 Å². The minimum atomic E-state index is -0.902. The van der Waals surface area contributed by atoms with Crippen LogP contribution in [0.4, 0.5) is 22.7 Å². The minimum absolute atomic E-state index is 0.0815. The lowest BCUT2D eigenvalue weighted by atomic mass is 10.2. The SMILES string of the molecule is N#C/C(=C/Nc1cc([N+](=O)[O-])ccc1Cl)C(=O)Nc1ccccc1[N+](=O)[O-]. The largest absolute Gasteiger partial charge is 0.359 e. The van der Waals surface area contributed by atoms with Gasteiger partial charge in [0, 0.05) is 24.4 Å². The fourth-order valence-corrected chi connectivity index (χ4v) is 2.14. The number of hydrogen-bond acceptors (Lipinski definition) is 7. The Morgan fingerprint density at radius 2 is 1.81 bits per heavy atom. The molecule has 136 valence electrons. The van der Waals surface area contributed by atoms with Gasteiger partial charge in [0.1, 0.15) is 17.3 Å². The Balaban J connectivity index is 2.23. The lowest BCUT2D eigenvalue weighted by Crippen LogP contribution is -2.15. The molecule has 0 aromatic heterocycles. The number of anilines is 2. The van der Waals surface area contributed by atoms with Crippen LogP contribution in [0, 0.1) is 31.6 Å². The molecule has 0 aliphatic heterocycles. The molecule has 0 bridgehead atoms. The molecule has 2 aromatic carbocycles. The molecule has 0 spiro atoms. The summed E-state index contributed by atoms with van der Waals surface area (Å²) in [4.78, 5) is 32.7. The summed E-state index contributed by atoms with van der Waals surface area (Å²) in [5, 5.41) is 35.9. The Labute approximate surface area is 157 Å². The Morgan fingerprint density at radius 1 is 1.11 bits per heavy atom. The summed E-state index contributed by atoms with van der Waals surface area (Å²) >= 11 is 5.92. The maximum absolute atomic E-state index is 12.2. The van der Waals surface area contributed by atoms with E-state index in [1.807, 2.05) is 0 Å². The molecular formula is C16H10ClN5O5. The second kappa shape index (κ2) is 8.41. The van der Waals surface area contributed by atoms with Gasteiger partial charge >= 0.3 is 0 Å². The fourth-order valence-electron chi connectivity index (χ4n) is 1.96. The van der Waals surface area contributed by atoms with Crippen molar-refractivity contribution in [3.8, 4) is 6.07 Å². The van der Waals surface area contributed by atoms with Crippen molar-refractivity contribution in [1.82, 2.24) is 0 Å². The summed E-state index contributed by atoms with van der Waals surface area (Å²) < 4.78 is 0. The van der Waals surface area contributed by atoms with E-state index in [0.717, 1.165) is 12.3 Å². The van der Waals surface area contributed by atoms with Gasteiger partial charge in [-0.2, -0.15) is 5.26 Å². The van der Waals surface area contributed by atoms with Gasteiger partial charge in [-0.05, 0) is 12.1 Å². The Kier molecular flexibility index (Phi) is 6.03. The zero-order valence-electron chi connectivity index (χ0n) is 13.4. The Bertz CT molecular complexity index is 999. The molecule has 0 atom stereocenters. The van der Waals surface area contributed by atoms with Crippen LogP contribution in [0.25, 0.3) is 0 Å². The molecule has 0 fully saturated rings. The fraction of sp³-hybridized carbons (Fsp3) is 0. The molecular weight excluding hydrogens is 378 g/mol. The van der Waals surface area contributed by atoms with Crippen molar-refractivity contribution in [3.05, 3.63) is 79.5 Å². The first-order valence-corrected chi connectivity index (χ1v) is 7.56. The third kappa shape index (κ3) is 4.77. The highest BCUT2D eigenvalue weighted by Gasteiger charge is 2.17. The molecule has 10 nitrogen and oxygen atoms in total. The van der Waals surface area contributed by atoms with Gasteiger partial charge in [0.15, 0.2) is 0 Å². The van der Waals surface area contributed by atoms with Crippen molar-refractivity contribution in [2.75, 3.05) is 10.6 Å². The van der Waals surface area contributed by atoms with Crippen molar-refractivity contribution < 1.29 is 14.6 Å². The molecule has 0 heterocycles. The Hall–Kier alpha value is -3.97. The molecule has 2 N–H and O–H groups in total. The van der Waals surface area contributed by atoms with Crippen LogP contribution in [0.3, 0.4) is 0 Å². The molecule has 2 rings (SSSR count). The number of non-ortho nitro benzene ring substituents is 1. The molecule has 0 saturated heterocycles. The zero-order valence-corrected chi connectivity index (χ0v) is 14.1. The molecule has 0 saturated carbocycles. The molecule has 27 heavy (non-hydrogen) atoms. The van der Waals surface area contributed by atoms with Gasteiger partial charge in [0.25, 0.3) is 17.3 Å². The summed E-state index contributed by atoms with van der Waals surface area (Å²) in [7, 11) is 0. The van der Waals surface area contributed by atoms with Crippen LogP contribution in [0.5, 0.6) is 0 Å². The number of halogens is 1. The number of nitriles is 1. The lowest BCUT2D eigenvalue weighted by Gasteiger charge is -2.07. The predicted octanol–water partition coefficient (Wildman–Crippen LogP) is 3.61.